The Labute approximate surface area is 99.2 Å². The summed E-state index contributed by atoms with van der Waals surface area (Å²) in [5.41, 5.74) is 0. The summed E-state index contributed by atoms with van der Waals surface area (Å²) in [5.74, 6) is 1.76. The minimum Gasteiger partial charge on any atom is -0.486 e. The van der Waals surface area contributed by atoms with Crippen molar-refractivity contribution in [2.24, 2.45) is 0 Å². The molecule has 0 saturated heterocycles. The number of halogens is 1. The molecule has 0 fully saturated rings. The molecular formula is C13H14FNO2. The zero-order valence-electron chi connectivity index (χ0n) is 9.57. The Kier molecular flexibility index (Phi) is 3.77. The minimum atomic E-state index is -0.308. The Bertz CT molecular complexity index is 482. The van der Waals surface area contributed by atoms with Crippen molar-refractivity contribution in [3.8, 4) is 5.75 Å². The largest absolute Gasteiger partial charge is 0.486 e. The summed E-state index contributed by atoms with van der Waals surface area (Å²) in [5, 5.41) is 2.99. The number of nitrogens with one attached hydrogen (secondary N) is 1. The lowest BCUT2D eigenvalue weighted by Crippen LogP contribution is -2.03. The summed E-state index contributed by atoms with van der Waals surface area (Å²) >= 11 is 0. The number of benzene rings is 1. The minimum absolute atomic E-state index is 0.299. The van der Waals surface area contributed by atoms with E-state index in [-0.39, 0.29) is 5.82 Å². The summed E-state index contributed by atoms with van der Waals surface area (Å²) in [6, 6.07) is 9.79. The number of rotatable bonds is 5. The maximum absolute atomic E-state index is 12.9. The lowest BCUT2D eigenvalue weighted by Gasteiger charge is -2.03. The van der Waals surface area contributed by atoms with E-state index in [0.29, 0.717) is 18.9 Å². The predicted molar refractivity (Wildman–Crippen MR) is 62.2 cm³/mol. The molecule has 0 spiro atoms. The van der Waals surface area contributed by atoms with Crippen LogP contribution in [0.15, 0.2) is 40.8 Å². The Morgan fingerprint density at radius 3 is 2.82 bits per heavy atom. The van der Waals surface area contributed by atoms with Crippen LogP contribution in [0.25, 0.3) is 0 Å². The van der Waals surface area contributed by atoms with Crippen LogP contribution < -0.4 is 10.1 Å². The molecule has 0 unspecified atom stereocenters. The predicted octanol–water partition coefficient (Wildman–Crippen LogP) is 2.72. The van der Waals surface area contributed by atoms with Crippen LogP contribution in [0.2, 0.25) is 0 Å². The zero-order chi connectivity index (χ0) is 12.1. The highest BCUT2D eigenvalue weighted by molar-refractivity contribution is 5.22. The molecule has 0 radical (unpaired) electrons. The molecule has 0 aliphatic carbocycles. The second-order valence-corrected chi connectivity index (χ2v) is 3.64. The van der Waals surface area contributed by atoms with E-state index in [2.05, 4.69) is 5.32 Å². The fraction of sp³-hybridized carbons (Fsp3) is 0.231. The van der Waals surface area contributed by atoms with Crippen LogP contribution in [-0.4, -0.2) is 7.05 Å². The molecule has 0 atom stereocenters. The lowest BCUT2D eigenvalue weighted by molar-refractivity contribution is 0.264. The Morgan fingerprint density at radius 1 is 1.24 bits per heavy atom. The van der Waals surface area contributed by atoms with Gasteiger partial charge in [0.25, 0.3) is 0 Å². The second-order valence-electron chi connectivity index (χ2n) is 3.64. The van der Waals surface area contributed by atoms with E-state index in [1.54, 1.807) is 12.1 Å². The van der Waals surface area contributed by atoms with Gasteiger partial charge in [-0.2, -0.15) is 0 Å². The van der Waals surface area contributed by atoms with E-state index in [1.165, 1.54) is 12.1 Å². The molecular weight excluding hydrogens is 221 g/mol. The van der Waals surface area contributed by atoms with Gasteiger partial charge >= 0.3 is 0 Å². The van der Waals surface area contributed by atoms with Crippen molar-refractivity contribution in [3.05, 3.63) is 53.7 Å². The highest BCUT2D eigenvalue weighted by Crippen LogP contribution is 2.15. The van der Waals surface area contributed by atoms with Gasteiger partial charge in [-0.05, 0) is 31.3 Å². The molecule has 17 heavy (non-hydrogen) atoms. The van der Waals surface area contributed by atoms with E-state index in [9.17, 15) is 4.39 Å². The Balaban J connectivity index is 1.93. The molecule has 2 aromatic rings. The van der Waals surface area contributed by atoms with Gasteiger partial charge in [-0.25, -0.2) is 4.39 Å². The average Bonchev–Trinajstić information content (AvgIpc) is 2.75. The van der Waals surface area contributed by atoms with Crippen molar-refractivity contribution in [2.75, 3.05) is 7.05 Å². The van der Waals surface area contributed by atoms with E-state index >= 15 is 0 Å². The van der Waals surface area contributed by atoms with Gasteiger partial charge in [0.2, 0.25) is 0 Å². The molecule has 90 valence electrons. The highest BCUT2D eigenvalue weighted by Gasteiger charge is 2.02. The molecule has 1 heterocycles. The van der Waals surface area contributed by atoms with Gasteiger partial charge in [0, 0.05) is 6.07 Å². The smallest absolute Gasteiger partial charge is 0.146 e. The van der Waals surface area contributed by atoms with Gasteiger partial charge in [0.05, 0.1) is 6.54 Å². The van der Waals surface area contributed by atoms with Gasteiger partial charge in [0.15, 0.2) is 0 Å². The topological polar surface area (TPSA) is 34.4 Å². The van der Waals surface area contributed by atoms with Crippen LogP contribution in [-0.2, 0) is 13.2 Å². The van der Waals surface area contributed by atoms with Crippen LogP contribution in [0.1, 0.15) is 11.5 Å². The van der Waals surface area contributed by atoms with Crippen molar-refractivity contribution in [1.29, 1.82) is 0 Å². The molecule has 1 aromatic carbocycles. The first-order chi connectivity index (χ1) is 8.28. The molecule has 4 heteroatoms. The SMILES string of the molecule is CNCc1ccc(COc2cccc(F)c2)o1. The zero-order valence-corrected chi connectivity index (χ0v) is 9.57. The fourth-order valence-electron chi connectivity index (χ4n) is 1.48. The van der Waals surface area contributed by atoms with Crippen molar-refractivity contribution in [2.45, 2.75) is 13.2 Å². The van der Waals surface area contributed by atoms with Crippen LogP contribution in [0, 0.1) is 5.82 Å². The van der Waals surface area contributed by atoms with Crippen molar-refractivity contribution in [3.63, 3.8) is 0 Å². The fourth-order valence-corrected chi connectivity index (χ4v) is 1.48. The summed E-state index contributed by atoms with van der Waals surface area (Å²) < 4.78 is 23.8. The average molecular weight is 235 g/mol. The van der Waals surface area contributed by atoms with Gasteiger partial charge in [-0.3, -0.25) is 0 Å². The molecule has 0 saturated carbocycles. The summed E-state index contributed by atoms with van der Waals surface area (Å²) in [4.78, 5) is 0. The van der Waals surface area contributed by atoms with E-state index in [1.807, 2.05) is 19.2 Å². The third-order valence-corrected chi connectivity index (χ3v) is 2.25. The van der Waals surface area contributed by atoms with Gasteiger partial charge < -0.3 is 14.5 Å². The summed E-state index contributed by atoms with van der Waals surface area (Å²) in [6.07, 6.45) is 0. The third kappa shape index (κ3) is 3.32. The maximum atomic E-state index is 12.9. The lowest BCUT2D eigenvalue weighted by atomic mass is 10.3. The summed E-state index contributed by atoms with van der Waals surface area (Å²) in [6.45, 7) is 0.979. The number of ether oxygens (including phenoxy) is 1. The molecule has 3 nitrogen and oxygen atoms in total. The number of hydrogen-bond acceptors (Lipinski definition) is 3. The Morgan fingerprint density at radius 2 is 2.06 bits per heavy atom. The molecule has 1 aromatic heterocycles. The first kappa shape index (κ1) is 11.7. The van der Waals surface area contributed by atoms with Gasteiger partial charge in [-0.15, -0.1) is 0 Å². The quantitative estimate of drug-likeness (QED) is 0.865. The molecule has 2 rings (SSSR count). The number of furan rings is 1. The molecule has 1 N–H and O–H groups in total. The normalized spacial score (nSPS) is 10.5. The molecule has 0 bridgehead atoms. The standard InChI is InChI=1S/C13H14FNO2/c1-15-8-12-5-6-13(17-12)9-16-11-4-2-3-10(14)7-11/h2-7,15H,8-9H2,1H3. The van der Waals surface area contributed by atoms with Crippen molar-refractivity contribution >= 4 is 0 Å². The summed E-state index contributed by atoms with van der Waals surface area (Å²) in [7, 11) is 1.85. The second kappa shape index (κ2) is 5.50. The van der Waals surface area contributed by atoms with E-state index in [0.717, 1.165) is 11.5 Å². The van der Waals surface area contributed by atoms with Gasteiger partial charge in [0.1, 0.15) is 29.7 Å². The van der Waals surface area contributed by atoms with E-state index in [4.69, 9.17) is 9.15 Å². The monoisotopic (exact) mass is 235 g/mol. The van der Waals surface area contributed by atoms with Gasteiger partial charge in [-0.1, -0.05) is 6.07 Å². The maximum Gasteiger partial charge on any atom is 0.146 e. The number of hydrogen-bond donors (Lipinski definition) is 1. The first-order valence-corrected chi connectivity index (χ1v) is 5.38. The Hall–Kier alpha value is -1.81. The molecule has 0 aliphatic heterocycles. The van der Waals surface area contributed by atoms with Crippen molar-refractivity contribution < 1.29 is 13.5 Å². The molecule has 0 aliphatic rings. The highest BCUT2D eigenvalue weighted by atomic mass is 19.1. The van der Waals surface area contributed by atoms with Crippen LogP contribution >= 0.6 is 0 Å². The third-order valence-electron chi connectivity index (χ3n) is 2.25. The van der Waals surface area contributed by atoms with Crippen LogP contribution in [0.5, 0.6) is 5.75 Å². The van der Waals surface area contributed by atoms with Crippen LogP contribution in [0.4, 0.5) is 4.39 Å². The first-order valence-electron chi connectivity index (χ1n) is 5.38. The van der Waals surface area contributed by atoms with Crippen molar-refractivity contribution in [1.82, 2.24) is 5.32 Å². The van der Waals surface area contributed by atoms with E-state index < -0.39 is 0 Å². The van der Waals surface area contributed by atoms with Crippen LogP contribution in [0.3, 0.4) is 0 Å². The molecule has 0 amide bonds.